The normalized spacial score (nSPS) is 42.1. The molecule has 0 aliphatic carbocycles. The third kappa shape index (κ3) is 1.68. The first-order valence-electron chi connectivity index (χ1n) is 4.75. The van der Waals surface area contributed by atoms with E-state index >= 15 is 0 Å². The van der Waals surface area contributed by atoms with Gasteiger partial charge in [-0.3, -0.25) is 10.3 Å². The molecule has 2 heterocycles. The van der Waals surface area contributed by atoms with Gasteiger partial charge in [-0.05, 0) is 27.5 Å². The highest BCUT2D eigenvalue weighted by molar-refractivity contribution is 5.24. The molecule has 14 heavy (non-hydrogen) atoms. The fourth-order valence-electron chi connectivity index (χ4n) is 1.64. The monoisotopic (exact) mass is 200 g/mol. The maximum atomic E-state index is 5.58. The van der Waals surface area contributed by atoms with E-state index in [1.165, 1.54) is 0 Å². The van der Waals surface area contributed by atoms with Crippen molar-refractivity contribution in [2.24, 2.45) is 4.99 Å². The lowest BCUT2D eigenvalue weighted by Gasteiger charge is -2.22. The topological polar surface area (TPSA) is 52.1 Å². The van der Waals surface area contributed by atoms with Crippen molar-refractivity contribution in [3.8, 4) is 0 Å². The van der Waals surface area contributed by atoms with Crippen molar-refractivity contribution in [1.29, 1.82) is 0 Å². The minimum absolute atomic E-state index is 0.00378. The van der Waals surface area contributed by atoms with Crippen molar-refractivity contribution in [3.63, 3.8) is 0 Å². The molecule has 2 aliphatic rings. The number of hydrogen-bond acceptors (Lipinski definition) is 5. The second kappa shape index (κ2) is 3.27. The lowest BCUT2D eigenvalue weighted by Crippen LogP contribution is -2.39. The maximum Gasteiger partial charge on any atom is 0.202 e. The summed E-state index contributed by atoms with van der Waals surface area (Å²) in [5.74, 6) is -0.571. The van der Waals surface area contributed by atoms with Crippen LogP contribution in [-0.4, -0.2) is 37.3 Å². The first-order chi connectivity index (χ1) is 6.52. The molecular formula is C9H16N2O3. The summed E-state index contributed by atoms with van der Waals surface area (Å²) in [6.45, 7) is 9.13. The van der Waals surface area contributed by atoms with Crippen LogP contribution in [0.4, 0.5) is 0 Å². The quantitative estimate of drug-likeness (QED) is 0.658. The number of fused-ring (bicyclic) bond motifs is 1. The highest BCUT2D eigenvalue weighted by atomic mass is 16.8. The lowest BCUT2D eigenvalue weighted by molar-refractivity contribution is -0.209. The largest absolute Gasteiger partial charge is 0.328 e. The van der Waals surface area contributed by atoms with Crippen molar-refractivity contribution < 1.29 is 14.2 Å². The van der Waals surface area contributed by atoms with Crippen LogP contribution in [0.25, 0.3) is 0 Å². The van der Waals surface area contributed by atoms with E-state index in [4.69, 9.17) is 14.2 Å². The van der Waals surface area contributed by atoms with E-state index in [0.717, 1.165) is 0 Å². The molecule has 0 radical (unpaired) electrons. The predicted octanol–water partition coefficient (Wildman–Crippen LogP) is 0.456. The molecule has 0 aromatic rings. The Morgan fingerprint density at radius 1 is 1.43 bits per heavy atom. The van der Waals surface area contributed by atoms with Crippen LogP contribution in [0.1, 0.15) is 20.8 Å². The third-order valence-electron chi connectivity index (χ3n) is 2.39. The summed E-state index contributed by atoms with van der Waals surface area (Å²) in [4.78, 5) is 3.89. The van der Waals surface area contributed by atoms with Gasteiger partial charge >= 0.3 is 0 Å². The molecule has 2 rings (SSSR count). The van der Waals surface area contributed by atoms with Crippen LogP contribution in [-0.2, 0) is 14.2 Å². The minimum atomic E-state index is -0.571. The van der Waals surface area contributed by atoms with Crippen LogP contribution in [0, 0.1) is 0 Å². The number of ether oxygens (including phenoxy) is 3. The Bertz CT molecular complexity index is 228. The van der Waals surface area contributed by atoms with Gasteiger partial charge in [-0.2, -0.15) is 0 Å². The molecule has 1 N–H and O–H groups in total. The second-order valence-electron chi connectivity index (χ2n) is 4.07. The fourth-order valence-corrected chi connectivity index (χ4v) is 1.64. The summed E-state index contributed by atoms with van der Waals surface area (Å²) in [6.07, 6.45) is -0.697. The van der Waals surface area contributed by atoms with Gasteiger partial charge in [0.2, 0.25) is 6.29 Å². The molecule has 0 saturated carbocycles. The number of rotatable bonds is 2. The highest BCUT2D eigenvalue weighted by Gasteiger charge is 2.49. The van der Waals surface area contributed by atoms with Crippen molar-refractivity contribution in [1.82, 2.24) is 5.32 Å². The summed E-state index contributed by atoms with van der Waals surface area (Å²) in [7, 11) is 0. The van der Waals surface area contributed by atoms with Crippen molar-refractivity contribution in [2.75, 3.05) is 0 Å². The summed E-state index contributed by atoms with van der Waals surface area (Å²) >= 11 is 0. The molecule has 80 valence electrons. The highest BCUT2D eigenvalue weighted by Crippen LogP contribution is 2.32. The zero-order valence-electron chi connectivity index (χ0n) is 8.69. The molecule has 2 aliphatic heterocycles. The number of nitrogens with zero attached hydrogens (tertiary/aromatic N) is 1. The summed E-state index contributed by atoms with van der Waals surface area (Å²) in [6, 6.07) is -0.00378. The standard InChI is InChI=1S/C9H16N2O3/c1-5(10-4)6-11-7-8(12-6)14-9(2,3)13-7/h5-8,11H,4H2,1-3H3. The molecule has 2 saturated heterocycles. The van der Waals surface area contributed by atoms with Crippen LogP contribution in [0.2, 0.25) is 0 Å². The van der Waals surface area contributed by atoms with Crippen LogP contribution in [0.15, 0.2) is 4.99 Å². The molecule has 0 amide bonds. The van der Waals surface area contributed by atoms with E-state index in [0.29, 0.717) is 0 Å². The van der Waals surface area contributed by atoms with Crippen molar-refractivity contribution >= 4 is 6.72 Å². The Balaban J connectivity index is 1.96. The molecule has 4 atom stereocenters. The van der Waals surface area contributed by atoms with Gasteiger partial charge in [0.1, 0.15) is 6.23 Å². The van der Waals surface area contributed by atoms with Gasteiger partial charge in [-0.15, -0.1) is 0 Å². The molecule has 0 bridgehead atoms. The zero-order chi connectivity index (χ0) is 10.3. The Labute approximate surface area is 83.4 Å². The van der Waals surface area contributed by atoms with E-state index in [2.05, 4.69) is 17.0 Å². The van der Waals surface area contributed by atoms with Gasteiger partial charge < -0.3 is 14.2 Å². The first-order valence-corrected chi connectivity index (χ1v) is 4.75. The van der Waals surface area contributed by atoms with E-state index in [-0.39, 0.29) is 24.8 Å². The summed E-state index contributed by atoms with van der Waals surface area (Å²) in [5, 5.41) is 3.16. The number of hydrogen-bond donors (Lipinski definition) is 1. The van der Waals surface area contributed by atoms with Crippen LogP contribution in [0.5, 0.6) is 0 Å². The van der Waals surface area contributed by atoms with E-state index in [1.54, 1.807) is 0 Å². The SMILES string of the molecule is C=NC(C)C1NC2OC(C)(C)OC2O1. The van der Waals surface area contributed by atoms with E-state index in [1.807, 2.05) is 20.8 Å². The van der Waals surface area contributed by atoms with Crippen LogP contribution in [0.3, 0.4) is 0 Å². The fraction of sp³-hybridized carbons (Fsp3) is 0.889. The first kappa shape index (κ1) is 10.0. The number of aliphatic imine (C=N–C) groups is 1. The minimum Gasteiger partial charge on any atom is -0.328 e. The molecule has 5 nitrogen and oxygen atoms in total. The molecule has 0 aromatic carbocycles. The number of nitrogens with one attached hydrogen (secondary N) is 1. The molecule has 5 heteroatoms. The van der Waals surface area contributed by atoms with Crippen LogP contribution >= 0.6 is 0 Å². The van der Waals surface area contributed by atoms with E-state index in [9.17, 15) is 0 Å². The Kier molecular flexibility index (Phi) is 2.35. The van der Waals surface area contributed by atoms with Crippen molar-refractivity contribution in [2.45, 2.75) is 51.3 Å². The third-order valence-corrected chi connectivity index (χ3v) is 2.39. The predicted molar refractivity (Wildman–Crippen MR) is 50.8 cm³/mol. The molecular weight excluding hydrogens is 184 g/mol. The van der Waals surface area contributed by atoms with Gasteiger partial charge in [-0.1, -0.05) is 0 Å². The van der Waals surface area contributed by atoms with Gasteiger partial charge in [0, 0.05) is 0 Å². The summed E-state index contributed by atoms with van der Waals surface area (Å²) < 4.78 is 16.7. The van der Waals surface area contributed by atoms with Crippen molar-refractivity contribution in [3.05, 3.63) is 0 Å². The van der Waals surface area contributed by atoms with Gasteiger partial charge in [0.25, 0.3) is 0 Å². The van der Waals surface area contributed by atoms with Gasteiger partial charge in [0.15, 0.2) is 12.0 Å². The Hall–Kier alpha value is -0.490. The molecule has 0 aromatic heterocycles. The Morgan fingerprint density at radius 3 is 2.71 bits per heavy atom. The summed E-state index contributed by atoms with van der Waals surface area (Å²) in [5.41, 5.74) is 0. The maximum absolute atomic E-state index is 5.58. The zero-order valence-corrected chi connectivity index (χ0v) is 8.69. The average molecular weight is 200 g/mol. The van der Waals surface area contributed by atoms with Gasteiger partial charge in [0.05, 0.1) is 6.04 Å². The Morgan fingerprint density at radius 2 is 2.14 bits per heavy atom. The second-order valence-corrected chi connectivity index (χ2v) is 4.07. The molecule has 0 spiro atoms. The van der Waals surface area contributed by atoms with Gasteiger partial charge in [-0.25, -0.2) is 0 Å². The average Bonchev–Trinajstić information content (AvgIpc) is 2.56. The molecule has 2 fully saturated rings. The van der Waals surface area contributed by atoms with E-state index < -0.39 is 5.79 Å². The molecule has 4 unspecified atom stereocenters. The smallest absolute Gasteiger partial charge is 0.202 e. The lowest BCUT2D eigenvalue weighted by atomic mass is 10.3. The van der Waals surface area contributed by atoms with Crippen LogP contribution < -0.4 is 5.32 Å².